The fraction of sp³-hybridized carbons (Fsp3) is 0.647. The van der Waals surface area contributed by atoms with E-state index < -0.39 is 0 Å². The number of ether oxygens (including phenoxy) is 3. The van der Waals surface area contributed by atoms with E-state index in [1.54, 1.807) is 0 Å². The first kappa shape index (κ1) is 15.9. The lowest BCUT2D eigenvalue weighted by molar-refractivity contribution is 0.174. The Hall–Kier alpha value is -0.970. The molecule has 22 heavy (non-hydrogen) atoms. The molecule has 0 spiro atoms. The largest absolute Gasteiger partial charge is 0.489 e. The molecule has 1 atom stereocenters. The quantitative estimate of drug-likeness (QED) is 0.832. The van der Waals surface area contributed by atoms with Crippen molar-refractivity contribution in [3.8, 4) is 11.5 Å². The fourth-order valence-corrected chi connectivity index (χ4v) is 3.30. The van der Waals surface area contributed by atoms with E-state index >= 15 is 0 Å². The molecule has 4 nitrogen and oxygen atoms in total. The lowest BCUT2D eigenvalue weighted by Gasteiger charge is -2.20. The average Bonchev–Trinajstić information content (AvgIpc) is 2.88. The van der Waals surface area contributed by atoms with E-state index in [9.17, 15) is 0 Å². The second-order valence-electron chi connectivity index (χ2n) is 6.20. The number of likely N-dealkylation sites (N-methyl/N-ethyl adjacent to an activating group) is 1. The molecule has 1 fully saturated rings. The molecule has 2 heterocycles. The van der Waals surface area contributed by atoms with Gasteiger partial charge in [-0.05, 0) is 43.5 Å². The minimum atomic E-state index is 0.654. The number of hydrogen-bond acceptors (Lipinski definition) is 4. The summed E-state index contributed by atoms with van der Waals surface area (Å²) in [6, 6.07) is 4.07. The number of rotatable bonds is 5. The predicted octanol–water partition coefficient (Wildman–Crippen LogP) is 3.01. The normalized spacial score (nSPS) is 21.1. The van der Waals surface area contributed by atoms with E-state index in [0.717, 1.165) is 44.9 Å². The van der Waals surface area contributed by atoms with Crippen LogP contribution in [0.3, 0.4) is 0 Å². The minimum Gasteiger partial charge on any atom is -0.489 e. The smallest absolute Gasteiger partial charge is 0.179 e. The lowest BCUT2D eigenvalue weighted by atomic mass is 10.1. The predicted molar refractivity (Wildman–Crippen MR) is 87.2 cm³/mol. The summed E-state index contributed by atoms with van der Waals surface area (Å²) in [4.78, 5) is 2.37. The fourth-order valence-electron chi connectivity index (χ4n) is 3.01. The van der Waals surface area contributed by atoms with Gasteiger partial charge in [0.05, 0.1) is 24.8 Å². The van der Waals surface area contributed by atoms with Gasteiger partial charge in [0.15, 0.2) is 11.5 Å². The van der Waals surface area contributed by atoms with Crippen LogP contribution in [-0.4, -0.2) is 51.5 Å². The van der Waals surface area contributed by atoms with Crippen LogP contribution in [0, 0.1) is 5.92 Å². The summed E-state index contributed by atoms with van der Waals surface area (Å²) in [5.74, 6) is 2.16. The highest BCUT2D eigenvalue weighted by molar-refractivity contribution is 6.32. The SMILES string of the molecule is CN(CCc1cc(Cl)c2c(c1)OCCCO2)CC1CCOC1. The molecule has 1 aromatic rings. The van der Waals surface area contributed by atoms with Crippen LogP contribution in [0.5, 0.6) is 11.5 Å². The summed E-state index contributed by atoms with van der Waals surface area (Å²) in [6.07, 6.45) is 3.03. The lowest BCUT2D eigenvalue weighted by Crippen LogP contribution is -2.28. The van der Waals surface area contributed by atoms with Gasteiger partial charge in [0.1, 0.15) is 0 Å². The van der Waals surface area contributed by atoms with Crippen LogP contribution in [-0.2, 0) is 11.2 Å². The van der Waals surface area contributed by atoms with Crippen molar-refractivity contribution in [3.63, 3.8) is 0 Å². The first-order valence-electron chi connectivity index (χ1n) is 8.06. The van der Waals surface area contributed by atoms with Crippen LogP contribution in [0.2, 0.25) is 5.02 Å². The van der Waals surface area contributed by atoms with Crippen molar-refractivity contribution in [2.24, 2.45) is 5.92 Å². The zero-order valence-corrected chi connectivity index (χ0v) is 13.9. The van der Waals surface area contributed by atoms with Gasteiger partial charge in [0.2, 0.25) is 0 Å². The Bertz CT molecular complexity index is 503. The Labute approximate surface area is 137 Å². The number of halogens is 1. The zero-order valence-electron chi connectivity index (χ0n) is 13.1. The summed E-state index contributed by atoms with van der Waals surface area (Å²) in [5.41, 5.74) is 1.20. The van der Waals surface area contributed by atoms with Crippen LogP contribution >= 0.6 is 11.6 Å². The molecule has 1 unspecified atom stereocenters. The number of benzene rings is 1. The van der Waals surface area contributed by atoms with Crippen LogP contribution < -0.4 is 9.47 Å². The van der Waals surface area contributed by atoms with Crippen LogP contribution in [0.25, 0.3) is 0 Å². The zero-order chi connectivity index (χ0) is 15.4. The molecular formula is C17H24ClNO3. The molecule has 0 amide bonds. The van der Waals surface area contributed by atoms with Gasteiger partial charge < -0.3 is 19.1 Å². The van der Waals surface area contributed by atoms with E-state index in [-0.39, 0.29) is 0 Å². The minimum absolute atomic E-state index is 0.654. The van der Waals surface area contributed by atoms with Gasteiger partial charge in [0.25, 0.3) is 0 Å². The van der Waals surface area contributed by atoms with Crippen molar-refractivity contribution in [2.45, 2.75) is 19.3 Å². The van der Waals surface area contributed by atoms with Crippen molar-refractivity contribution in [1.29, 1.82) is 0 Å². The van der Waals surface area contributed by atoms with Crippen LogP contribution in [0.1, 0.15) is 18.4 Å². The van der Waals surface area contributed by atoms with Gasteiger partial charge in [0, 0.05) is 26.1 Å². The number of fused-ring (bicyclic) bond motifs is 1. The summed E-state index contributed by atoms with van der Waals surface area (Å²) in [5, 5.41) is 0.654. The maximum atomic E-state index is 6.34. The van der Waals surface area contributed by atoms with Gasteiger partial charge in [-0.15, -0.1) is 0 Å². The van der Waals surface area contributed by atoms with Crippen molar-refractivity contribution in [1.82, 2.24) is 4.90 Å². The third kappa shape index (κ3) is 4.06. The molecule has 0 aliphatic carbocycles. The number of nitrogens with zero attached hydrogens (tertiary/aromatic N) is 1. The average molecular weight is 326 g/mol. The maximum absolute atomic E-state index is 6.34. The molecule has 1 saturated heterocycles. The Balaban J connectivity index is 1.58. The van der Waals surface area contributed by atoms with Crippen molar-refractivity contribution in [3.05, 3.63) is 22.7 Å². The van der Waals surface area contributed by atoms with E-state index in [2.05, 4.69) is 18.0 Å². The van der Waals surface area contributed by atoms with Crippen molar-refractivity contribution < 1.29 is 14.2 Å². The van der Waals surface area contributed by atoms with Crippen molar-refractivity contribution in [2.75, 3.05) is 46.6 Å². The maximum Gasteiger partial charge on any atom is 0.179 e. The number of hydrogen-bond donors (Lipinski definition) is 0. The molecule has 3 rings (SSSR count). The molecule has 0 bridgehead atoms. The monoisotopic (exact) mass is 325 g/mol. The molecule has 1 aromatic carbocycles. The molecule has 2 aliphatic rings. The standard InChI is InChI=1S/C17H24ClNO3/c1-19(11-14-4-8-20-12-14)5-3-13-9-15(18)17-16(10-13)21-6-2-7-22-17/h9-10,14H,2-8,11-12H2,1H3. The molecule has 0 saturated carbocycles. The summed E-state index contributed by atoms with van der Waals surface area (Å²) in [7, 11) is 2.17. The Morgan fingerprint density at radius 1 is 1.23 bits per heavy atom. The van der Waals surface area contributed by atoms with Gasteiger partial charge in [-0.25, -0.2) is 0 Å². The second kappa shape index (κ2) is 7.53. The molecule has 0 radical (unpaired) electrons. The van der Waals surface area contributed by atoms with Gasteiger partial charge in [-0.3, -0.25) is 0 Å². The Morgan fingerprint density at radius 3 is 2.91 bits per heavy atom. The van der Waals surface area contributed by atoms with Crippen LogP contribution in [0.15, 0.2) is 12.1 Å². The highest BCUT2D eigenvalue weighted by atomic mass is 35.5. The van der Waals surface area contributed by atoms with Crippen LogP contribution in [0.4, 0.5) is 0 Å². The molecule has 122 valence electrons. The first-order chi connectivity index (χ1) is 10.7. The molecule has 5 heteroatoms. The third-order valence-corrected chi connectivity index (χ3v) is 4.52. The topological polar surface area (TPSA) is 30.9 Å². The molecule has 0 N–H and O–H groups in total. The third-order valence-electron chi connectivity index (χ3n) is 4.24. The molecule has 0 aromatic heterocycles. The first-order valence-corrected chi connectivity index (χ1v) is 8.44. The Kier molecular flexibility index (Phi) is 5.45. The van der Waals surface area contributed by atoms with E-state index in [0.29, 0.717) is 29.9 Å². The Morgan fingerprint density at radius 2 is 2.09 bits per heavy atom. The second-order valence-corrected chi connectivity index (χ2v) is 6.60. The summed E-state index contributed by atoms with van der Waals surface area (Å²) in [6.45, 7) is 5.27. The molecule has 2 aliphatic heterocycles. The summed E-state index contributed by atoms with van der Waals surface area (Å²) < 4.78 is 16.8. The van der Waals surface area contributed by atoms with Gasteiger partial charge in [-0.2, -0.15) is 0 Å². The molecular weight excluding hydrogens is 302 g/mol. The van der Waals surface area contributed by atoms with E-state index in [1.165, 1.54) is 12.0 Å². The summed E-state index contributed by atoms with van der Waals surface area (Å²) >= 11 is 6.34. The van der Waals surface area contributed by atoms with Crippen molar-refractivity contribution >= 4 is 11.6 Å². The highest BCUT2D eigenvalue weighted by Crippen LogP contribution is 2.38. The highest BCUT2D eigenvalue weighted by Gasteiger charge is 2.18. The van der Waals surface area contributed by atoms with E-state index in [4.69, 9.17) is 25.8 Å². The van der Waals surface area contributed by atoms with E-state index in [1.807, 2.05) is 6.07 Å². The van der Waals surface area contributed by atoms with Gasteiger partial charge in [-0.1, -0.05) is 11.6 Å². The van der Waals surface area contributed by atoms with Gasteiger partial charge >= 0.3 is 0 Å².